The molecule has 1 aliphatic heterocycles. The Morgan fingerprint density at radius 3 is 2.79 bits per heavy atom. The summed E-state index contributed by atoms with van der Waals surface area (Å²) < 4.78 is 5.28. The molecule has 2 rings (SSSR count). The van der Waals surface area contributed by atoms with Crippen molar-refractivity contribution in [2.75, 3.05) is 19.6 Å². The summed E-state index contributed by atoms with van der Waals surface area (Å²) in [5.41, 5.74) is 0.621. The molecule has 0 aromatic heterocycles. The molecule has 1 saturated heterocycles. The van der Waals surface area contributed by atoms with Crippen LogP contribution in [0.1, 0.15) is 39.2 Å². The summed E-state index contributed by atoms with van der Waals surface area (Å²) in [6, 6.07) is 5.63. The molecule has 0 radical (unpaired) electrons. The fraction of sp³-hybridized carbons (Fsp3) is 0.611. The molecule has 134 valence electrons. The maximum Gasteiger partial charge on any atom is 0.407 e. The van der Waals surface area contributed by atoms with Gasteiger partial charge >= 0.3 is 6.09 Å². The smallest absolute Gasteiger partial charge is 0.407 e. The van der Waals surface area contributed by atoms with E-state index in [-0.39, 0.29) is 6.09 Å². The van der Waals surface area contributed by atoms with Gasteiger partial charge in [0.05, 0.1) is 0 Å². The van der Waals surface area contributed by atoms with Crippen molar-refractivity contribution >= 4 is 29.3 Å². The second-order valence-electron chi connectivity index (χ2n) is 7.36. The van der Waals surface area contributed by atoms with E-state index in [4.69, 9.17) is 27.9 Å². The highest BCUT2D eigenvalue weighted by Crippen LogP contribution is 2.24. The average molecular weight is 373 g/mol. The number of halogens is 2. The van der Waals surface area contributed by atoms with Gasteiger partial charge in [0.2, 0.25) is 0 Å². The number of carbonyl (C=O) groups is 1. The zero-order chi connectivity index (χ0) is 17.7. The van der Waals surface area contributed by atoms with Crippen LogP contribution in [0, 0.1) is 5.92 Å². The van der Waals surface area contributed by atoms with Crippen LogP contribution < -0.4 is 5.32 Å². The third kappa shape index (κ3) is 6.50. The molecule has 4 nitrogen and oxygen atoms in total. The van der Waals surface area contributed by atoms with E-state index < -0.39 is 5.60 Å². The lowest BCUT2D eigenvalue weighted by Gasteiger charge is -2.33. The molecular weight excluding hydrogens is 347 g/mol. The predicted octanol–water partition coefficient (Wildman–Crippen LogP) is 4.73. The minimum absolute atomic E-state index is 0.347. The molecule has 1 aromatic carbocycles. The van der Waals surface area contributed by atoms with Crippen LogP contribution in [0.5, 0.6) is 0 Å². The van der Waals surface area contributed by atoms with Gasteiger partial charge in [0.25, 0.3) is 0 Å². The predicted molar refractivity (Wildman–Crippen MR) is 98.7 cm³/mol. The second-order valence-corrected chi connectivity index (χ2v) is 8.21. The van der Waals surface area contributed by atoms with Crippen molar-refractivity contribution in [3.63, 3.8) is 0 Å². The van der Waals surface area contributed by atoms with Gasteiger partial charge in [-0.2, -0.15) is 0 Å². The van der Waals surface area contributed by atoms with Gasteiger partial charge in [-0.1, -0.05) is 29.3 Å². The number of nitrogens with zero attached hydrogens (tertiary/aromatic N) is 1. The number of likely N-dealkylation sites (tertiary alicyclic amines) is 1. The molecule has 1 N–H and O–H groups in total. The zero-order valence-corrected chi connectivity index (χ0v) is 16.1. The molecule has 1 aromatic rings. The van der Waals surface area contributed by atoms with E-state index in [0.29, 0.717) is 22.5 Å². The largest absolute Gasteiger partial charge is 0.444 e. The van der Waals surface area contributed by atoms with Crippen molar-refractivity contribution in [3.8, 4) is 0 Å². The first kappa shape index (κ1) is 19.4. The lowest BCUT2D eigenvalue weighted by atomic mass is 9.97. The van der Waals surface area contributed by atoms with Crippen LogP contribution in [0.3, 0.4) is 0 Å². The molecule has 0 spiro atoms. The van der Waals surface area contributed by atoms with Gasteiger partial charge < -0.3 is 10.1 Å². The number of carbonyl (C=O) groups excluding carboxylic acids is 1. The second kappa shape index (κ2) is 8.41. The van der Waals surface area contributed by atoms with Crippen LogP contribution in [0.4, 0.5) is 4.79 Å². The molecule has 0 bridgehead atoms. The summed E-state index contributed by atoms with van der Waals surface area (Å²) in [4.78, 5) is 14.1. The fourth-order valence-electron chi connectivity index (χ4n) is 2.89. The lowest BCUT2D eigenvalue weighted by molar-refractivity contribution is 0.0506. The van der Waals surface area contributed by atoms with Gasteiger partial charge in [-0.25, -0.2) is 4.79 Å². The number of ether oxygens (including phenoxy) is 1. The van der Waals surface area contributed by atoms with Crippen molar-refractivity contribution in [2.45, 2.75) is 45.8 Å². The Labute approximate surface area is 154 Å². The van der Waals surface area contributed by atoms with Gasteiger partial charge in [0.15, 0.2) is 0 Å². The van der Waals surface area contributed by atoms with Crippen LogP contribution in [0.15, 0.2) is 18.2 Å². The molecule has 1 aliphatic rings. The molecule has 0 aliphatic carbocycles. The van der Waals surface area contributed by atoms with Gasteiger partial charge in [0.1, 0.15) is 5.60 Å². The third-order valence-corrected chi connectivity index (χ3v) is 4.53. The number of hydrogen-bond acceptors (Lipinski definition) is 3. The Bertz CT molecular complexity index is 573. The average Bonchev–Trinajstić information content (AvgIpc) is 2.47. The van der Waals surface area contributed by atoms with Gasteiger partial charge in [-0.05, 0) is 63.8 Å². The molecule has 1 amide bonds. The minimum atomic E-state index is -0.464. The molecule has 24 heavy (non-hydrogen) atoms. The molecule has 1 fully saturated rings. The highest BCUT2D eigenvalue weighted by atomic mass is 35.5. The Morgan fingerprint density at radius 1 is 1.38 bits per heavy atom. The molecule has 1 unspecified atom stereocenters. The number of alkyl carbamates (subject to hydrolysis) is 1. The van der Waals surface area contributed by atoms with E-state index in [2.05, 4.69) is 10.2 Å². The first-order valence-corrected chi connectivity index (χ1v) is 9.11. The molecule has 6 heteroatoms. The lowest BCUT2D eigenvalue weighted by Crippen LogP contribution is -2.41. The first-order chi connectivity index (χ1) is 11.2. The first-order valence-electron chi connectivity index (χ1n) is 8.36. The van der Waals surface area contributed by atoms with Crippen molar-refractivity contribution < 1.29 is 9.53 Å². The number of rotatable bonds is 4. The molecule has 1 heterocycles. The Balaban J connectivity index is 1.82. The molecular formula is C18H26Cl2N2O2. The fourth-order valence-corrected chi connectivity index (χ4v) is 3.36. The van der Waals surface area contributed by atoms with Crippen molar-refractivity contribution in [1.82, 2.24) is 10.2 Å². The highest BCUT2D eigenvalue weighted by Gasteiger charge is 2.22. The third-order valence-electron chi connectivity index (χ3n) is 3.95. The number of nitrogens with one attached hydrogen (secondary N) is 1. The number of piperidine rings is 1. The zero-order valence-electron chi connectivity index (χ0n) is 14.6. The summed E-state index contributed by atoms with van der Waals surface area (Å²) in [6.07, 6.45) is 1.88. The maximum absolute atomic E-state index is 11.8. The van der Waals surface area contributed by atoms with E-state index >= 15 is 0 Å². The maximum atomic E-state index is 11.8. The van der Waals surface area contributed by atoms with Crippen molar-refractivity contribution in [3.05, 3.63) is 33.8 Å². The summed E-state index contributed by atoms with van der Waals surface area (Å²) in [5.74, 6) is 0.428. The van der Waals surface area contributed by atoms with E-state index in [1.807, 2.05) is 32.9 Å². The van der Waals surface area contributed by atoms with E-state index in [0.717, 1.165) is 38.0 Å². The van der Waals surface area contributed by atoms with Gasteiger partial charge in [0, 0.05) is 29.7 Å². The number of amides is 1. The number of benzene rings is 1. The standard InChI is InChI=1S/C18H26Cl2N2O2/c1-18(2,3)24-17(23)21-10-13-5-4-8-22(11-13)12-14-6-7-15(19)9-16(14)20/h6-7,9,13H,4-5,8,10-12H2,1-3H3,(H,21,23). The normalized spacial score (nSPS) is 19.1. The number of hydrogen-bond donors (Lipinski definition) is 1. The van der Waals surface area contributed by atoms with Gasteiger partial charge in [-0.15, -0.1) is 0 Å². The van der Waals surface area contributed by atoms with E-state index in [9.17, 15) is 4.79 Å². The SMILES string of the molecule is CC(C)(C)OC(=O)NCC1CCCN(Cc2ccc(Cl)cc2Cl)C1. The van der Waals surface area contributed by atoms with E-state index in [1.165, 1.54) is 0 Å². The monoisotopic (exact) mass is 372 g/mol. The molecule has 1 atom stereocenters. The Morgan fingerprint density at radius 2 is 2.12 bits per heavy atom. The summed E-state index contributed by atoms with van der Waals surface area (Å²) in [6.45, 7) is 9.02. The highest BCUT2D eigenvalue weighted by molar-refractivity contribution is 6.35. The van der Waals surface area contributed by atoms with Crippen molar-refractivity contribution in [1.29, 1.82) is 0 Å². The van der Waals surface area contributed by atoms with Gasteiger partial charge in [-0.3, -0.25) is 4.90 Å². The summed E-state index contributed by atoms with van der Waals surface area (Å²) in [5, 5.41) is 4.24. The van der Waals surface area contributed by atoms with Crippen LogP contribution in [0.25, 0.3) is 0 Å². The van der Waals surface area contributed by atoms with Crippen LogP contribution >= 0.6 is 23.2 Å². The minimum Gasteiger partial charge on any atom is -0.444 e. The van der Waals surface area contributed by atoms with E-state index in [1.54, 1.807) is 6.07 Å². The Kier molecular flexibility index (Phi) is 6.79. The topological polar surface area (TPSA) is 41.6 Å². The Hall–Kier alpha value is -0.970. The summed E-state index contributed by atoms with van der Waals surface area (Å²) in [7, 11) is 0. The molecule has 0 saturated carbocycles. The van der Waals surface area contributed by atoms with Crippen molar-refractivity contribution in [2.24, 2.45) is 5.92 Å². The summed E-state index contributed by atoms with van der Waals surface area (Å²) >= 11 is 12.2. The van der Waals surface area contributed by atoms with Crippen LogP contribution in [0.2, 0.25) is 10.0 Å². The quantitative estimate of drug-likeness (QED) is 0.830. The van der Waals surface area contributed by atoms with Crippen LogP contribution in [-0.2, 0) is 11.3 Å². The van der Waals surface area contributed by atoms with Crippen LogP contribution in [-0.4, -0.2) is 36.2 Å².